The number of amides is 1. The zero-order chi connectivity index (χ0) is 20.5. The Hall–Kier alpha value is -3.35. The number of benzene rings is 2. The summed E-state index contributed by atoms with van der Waals surface area (Å²) in [5.41, 5.74) is 4.01. The SMILES string of the molecule is Cc1ccc(-n2nc(C)c(C(=O)N(C)CC3COc4ccccc4O3)n2)c(C)c1. The molecule has 0 bridgehead atoms. The van der Waals surface area contributed by atoms with Crippen LogP contribution < -0.4 is 9.47 Å². The number of likely N-dealkylation sites (N-methyl/N-ethyl adjacent to an activating group) is 1. The van der Waals surface area contributed by atoms with E-state index in [9.17, 15) is 4.79 Å². The van der Waals surface area contributed by atoms with Crippen LogP contribution in [0.3, 0.4) is 0 Å². The van der Waals surface area contributed by atoms with Crippen molar-refractivity contribution in [2.75, 3.05) is 20.2 Å². The molecule has 1 amide bonds. The van der Waals surface area contributed by atoms with E-state index in [4.69, 9.17) is 9.47 Å². The van der Waals surface area contributed by atoms with E-state index >= 15 is 0 Å². The summed E-state index contributed by atoms with van der Waals surface area (Å²) >= 11 is 0. The Balaban J connectivity index is 1.49. The predicted octanol–water partition coefficient (Wildman–Crippen LogP) is 3.10. The third-order valence-electron chi connectivity index (χ3n) is 4.94. The van der Waals surface area contributed by atoms with Crippen molar-refractivity contribution in [1.29, 1.82) is 0 Å². The lowest BCUT2D eigenvalue weighted by atomic mass is 10.1. The van der Waals surface area contributed by atoms with Crippen molar-refractivity contribution in [2.45, 2.75) is 26.9 Å². The third-order valence-corrected chi connectivity index (χ3v) is 4.94. The van der Waals surface area contributed by atoms with Gasteiger partial charge >= 0.3 is 0 Å². The second-order valence-electron chi connectivity index (χ2n) is 7.40. The minimum absolute atomic E-state index is 0.194. The second-order valence-corrected chi connectivity index (χ2v) is 7.40. The van der Waals surface area contributed by atoms with Crippen molar-refractivity contribution in [3.63, 3.8) is 0 Å². The minimum atomic E-state index is -0.242. The first-order valence-corrected chi connectivity index (χ1v) is 9.58. The van der Waals surface area contributed by atoms with E-state index in [1.807, 2.05) is 50.2 Å². The molecule has 3 aromatic rings. The van der Waals surface area contributed by atoms with Crippen LogP contribution in [0.2, 0.25) is 0 Å². The first-order chi connectivity index (χ1) is 13.9. The van der Waals surface area contributed by atoms with Gasteiger partial charge in [0.15, 0.2) is 23.3 Å². The van der Waals surface area contributed by atoms with Crippen LogP contribution in [0.25, 0.3) is 5.69 Å². The molecule has 0 radical (unpaired) electrons. The van der Waals surface area contributed by atoms with Crippen molar-refractivity contribution in [1.82, 2.24) is 19.9 Å². The average Bonchev–Trinajstić information content (AvgIpc) is 3.08. The number of carbonyl (C=O) groups is 1. The van der Waals surface area contributed by atoms with Gasteiger partial charge in [0, 0.05) is 7.05 Å². The van der Waals surface area contributed by atoms with Gasteiger partial charge in [0.1, 0.15) is 6.61 Å². The minimum Gasteiger partial charge on any atom is -0.486 e. The summed E-state index contributed by atoms with van der Waals surface area (Å²) in [5, 5.41) is 8.92. The Morgan fingerprint density at radius 1 is 1.14 bits per heavy atom. The number of aromatic nitrogens is 3. The highest BCUT2D eigenvalue weighted by Crippen LogP contribution is 2.31. The van der Waals surface area contributed by atoms with Gasteiger partial charge in [0.05, 0.1) is 17.9 Å². The first-order valence-electron chi connectivity index (χ1n) is 9.58. The number of fused-ring (bicyclic) bond motifs is 1. The van der Waals surface area contributed by atoms with Crippen LogP contribution in [0.5, 0.6) is 11.5 Å². The van der Waals surface area contributed by atoms with Crippen LogP contribution >= 0.6 is 0 Å². The lowest BCUT2D eigenvalue weighted by Crippen LogP contribution is -2.42. The van der Waals surface area contributed by atoms with Crippen molar-refractivity contribution >= 4 is 5.91 Å². The van der Waals surface area contributed by atoms with Gasteiger partial charge in [0.2, 0.25) is 0 Å². The average molecular weight is 392 g/mol. The van der Waals surface area contributed by atoms with Crippen LogP contribution in [0.4, 0.5) is 0 Å². The predicted molar refractivity (Wildman–Crippen MR) is 109 cm³/mol. The summed E-state index contributed by atoms with van der Waals surface area (Å²) in [6, 6.07) is 13.6. The van der Waals surface area contributed by atoms with Gasteiger partial charge in [-0.05, 0) is 44.5 Å². The Labute approximate surface area is 169 Å². The fourth-order valence-electron chi connectivity index (χ4n) is 3.44. The van der Waals surface area contributed by atoms with E-state index < -0.39 is 0 Å². The van der Waals surface area contributed by atoms with E-state index in [1.54, 1.807) is 18.9 Å². The zero-order valence-electron chi connectivity index (χ0n) is 17.0. The first kappa shape index (κ1) is 19.0. The highest BCUT2D eigenvalue weighted by Gasteiger charge is 2.26. The van der Waals surface area contributed by atoms with Gasteiger partial charge < -0.3 is 14.4 Å². The Bertz CT molecular complexity index is 1060. The van der Waals surface area contributed by atoms with E-state index in [0.29, 0.717) is 30.3 Å². The maximum Gasteiger partial charge on any atom is 0.276 e. The summed E-state index contributed by atoms with van der Waals surface area (Å²) < 4.78 is 11.7. The second kappa shape index (κ2) is 7.58. The highest BCUT2D eigenvalue weighted by molar-refractivity contribution is 5.93. The smallest absolute Gasteiger partial charge is 0.276 e. The van der Waals surface area contributed by atoms with Crippen LogP contribution in [0.15, 0.2) is 42.5 Å². The number of ether oxygens (including phenoxy) is 2. The molecule has 0 aliphatic carbocycles. The Morgan fingerprint density at radius 3 is 2.66 bits per heavy atom. The number of hydrogen-bond donors (Lipinski definition) is 0. The van der Waals surface area contributed by atoms with Gasteiger partial charge in [-0.2, -0.15) is 9.90 Å². The van der Waals surface area contributed by atoms with E-state index in [0.717, 1.165) is 17.0 Å². The molecule has 1 aliphatic heterocycles. The number of aryl methyl sites for hydroxylation is 3. The summed E-state index contributed by atoms with van der Waals surface area (Å²) in [5.74, 6) is 1.23. The molecular formula is C22H24N4O3. The van der Waals surface area contributed by atoms with Gasteiger partial charge in [-0.3, -0.25) is 4.79 Å². The number of nitrogens with zero attached hydrogens (tertiary/aromatic N) is 4. The van der Waals surface area contributed by atoms with E-state index in [1.165, 1.54) is 10.4 Å². The molecule has 1 unspecified atom stereocenters. The number of carbonyl (C=O) groups excluding carboxylic acids is 1. The maximum atomic E-state index is 13.0. The molecule has 29 heavy (non-hydrogen) atoms. The Kier molecular flexibility index (Phi) is 4.96. The highest BCUT2D eigenvalue weighted by atomic mass is 16.6. The molecule has 2 aromatic carbocycles. The van der Waals surface area contributed by atoms with Crippen LogP contribution in [-0.2, 0) is 0 Å². The fraction of sp³-hybridized carbons (Fsp3) is 0.318. The zero-order valence-corrected chi connectivity index (χ0v) is 17.0. The van der Waals surface area contributed by atoms with Gasteiger partial charge in [-0.15, -0.1) is 5.10 Å². The van der Waals surface area contributed by atoms with Crippen molar-refractivity contribution in [3.05, 3.63) is 65.0 Å². The van der Waals surface area contributed by atoms with Crippen LogP contribution in [-0.4, -0.2) is 52.1 Å². The summed E-state index contributed by atoms with van der Waals surface area (Å²) in [6.07, 6.45) is -0.242. The lowest BCUT2D eigenvalue weighted by Gasteiger charge is -2.29. The molecule has 0 saturated heterocycles. The van der Waals surface area contributed by atoms with Crippen LogP contribution in [0, 0.1) is 20.8 Å². The van der Waals surface area contributed by atoms with Gasteiger partial charge in [-0.25, -0.2) is 0 Å². The van der Waals surface area contributed by atoms with Crippen molar-refractivity contribution in [3.8, 4) is 17.2 Å². The largest absolute Gasteiger partial charge is 0.486 e. The van der Waals surface area contributed by atoms with Crippen molar-refractivity contribution < 1.29 is 14.3 Å². The monoisotopic (exact) mass is 392 g/mol. The van der Waals surface area contributed by atoms with Crippen LogP contribution in [0.1, 0.15) is 27.3 Å². The summed E-state index contributed by atoms with van der Waals surface area (Å²) in [4.78, 5) is 16.1. The number of hydrogen-bond acceptors (Lipinski definition) is 5. The quantitative estimate of drug-likeness (QED) is 0.682. The fourth-order valence-corrected chi connectivity index (χ4v) is 3.44. The normalized spacial score (nSPS) is 15.2. The topological polar surface area (TPSA) is 69.5 Å². The molecule has 2 heterocycles. The number of rotatable bonds is 4. The molecular weight excluding hydrogens is 368 g/mol. The number of para-hydroxylation sites is 2. The molecule has 0 N–H and O–H groups in total. The maximum absolute atomic E-state index is 13.0. The molecule has 0 fully saturated rings. The van der Waals surface area contributed by atoms with Gasteiger partial charge in [0.25, 0.3) is 5.91 Å². The molecule has 0 spiro atoms. The molecule has 7 heteroatoms. The molecule has 1 atom stereocenters. The molecule has 150 valence electrons. The van der Waals surface area contributed by atoms with Crippen molar-refractivity contribution in [2.24, 2.45) is 0 Å². The summed E-state index contributed by atoms with van der Waals surface area (Å²) in [7, 11) is 1.74. The van der Waals surface area contributed by atoms with E-state index in [-0.39, 0.29) is 12.0 Å². The Morgan fingerprint density at radius 2 is 1.90 bits per heavy atom. The molecule has 1 aliphatic rings. The summed E-state index contributed by atoms with van der Waals surface area (Å²) in [6.45, 7) is 6.63. The third kappa shape index (κ3) is 3.81. The lowest BCUT2D eigenvalue weighted by molar-refractivity contribution is 0.0516. The van der Waals surface area contributed by atoms with Gasteiger partial charge in [-0.1, -0.05) is 29.8 Å². The molecule has 0 saturated carbocycles. The molecule has 1 aromatic heterocycles. The standard InChI is InChI=1S/C22H24N4O3/c1-14-9-10-18(15(2)11-14)26-23-16(3)21(24-26)22(27)25(4)12-17-13-28-19-7-5-6-8-20(19)29-17/h5-11,17H,12-13H2,1-4H3. The molecule has 4 rings (SSSR count). The molecule has 7 nitrogen and oxygen atoms in total. The van der Waals surface area contributed by atoms with E-state index in [2.05, 4.69) is 16.3 Å².